The SMILES string of the molecule is COc1ccc(CC(=O)Nc2nnc(-c3cc(Cl)sc3Cl)o2)cc1C. The van der Waals surface area contributed by atoms with Crippen LogP contribution in [0.2, 0.25) is 8.67 Å². The monoisotopic (exact) mass is 397 g/mol. The first-order valence-electron chi connectivity index (χ1n) is 7.18. The number of methoxy groups -OCH3 is 1. The first-order chi connectivity index (χ1) is 12.0. The molecular formula is C16H13Cl2N3O3S. The molecular weight excluding hydrogens is 385 g/mol. The Labute approximate surface area is 157 Å². The van der Waals surface area contributed by atoms with Crippen LogP contribution in [0.25, 0.3) is 11.5 Å². The molecule has 0 saturated carbocycles. The van der Waals surface area contributed by atoms with Crippen LogP contribution in [0, 0.1) is 6.92 Å². The number of thiophene rings is 1. The molecule has 25 heavy (non-hydrogen) atoms. The molecule has 0 unspecified atom stereocenters. The highest BCUT2D eigenvalue weighted by Crippen LogP contribution is 2.37. The average molecular weight is 398 g/mol. The molecule has 3 aromatic rings. The van der Waals surface area contributed by atoms with Crippen molar-refractivity contribution in [3.05, 3.63) is 44.1 Å². The van der Waals surface area contributed by atoms with E-state index in [1.165, 1.54) is 11.3 Å². The predicted molar refractivity (Wildman–Crippen MR) is 97.7 cm³/mol. The average Bonchev–Trinajstić information content (AvgIpc) is 3.13. The zero-order chi connectivity index (χ0) is 18.0. The maximum Gasteiger partial charge on any atom is 0.322 e. The number of nitrogens with one attached hydrogen (secondary N) is 1. The second-order valence-electron chi connectivity index (χ2n) is 5.18. The summed E-state index contributed by atoms with van der Waals surface area (Å²) >= 11 is 13.1. The number of aromatic nitrogens is 2. The normalized spacial score (nSPS) is 10.7. The second kappa shape index (κ2) is 7.43. The summed E-state index contributed by atoms with van der Waals surface area (Å²) < 4.78 is 11.6. The zero-order valence-corrected chi connectivity index (χ0v) is 15.6. The lowest BCUT2D eigenvalue weighted by atomic mass is 10.1. The van der Waals surface area contributed by atoms with Gasteiger partial charge in [-0.2, -0.15) is 0 Å². The third-order valence-corrected chi connectivity index (χ3v) is 4.87. The Morgan fingerprint density at radius 1 is 1.32 bits per heavy atom. The van der Waals surface area contributed by atoms with Crippen molar-refractivity contribution >= 4 is 46.5 Å². The van der Waals surface area contributed by atoms with Crippen molar-refractivity contribution in [3.8, 4) is 17.2 Å². The smallest absolute Gasteiger partial charge is 0.322 e. The minimum absolute atomic E-state index is 0.00335. The summed E-state index contributed by atoms with van der Waals surface area (Å²) in [5.74, 6) is 0.704. The first kappa shape index (κ1) is 17.7. The second-order valence-corrected chi connectivity index (χ2v) is 7.46. The van der Waals surface area contributed by atoms with Crippen LogP contribution in [0.1, 0.15) is 11.1 Å². The van der Waals surface area contributed by atoms with Crippen LogP contribution in [-0.4, -0.2) is 23.2 Å². The van der Waals surface area contributed by atoms with Crippen LogP contribution in [-0.2, 0) is 11.2 Å². The highest BCUT2D eigenvalue weighted by Gasteiger charge is 2.16. The Hall–Kier alpha value is -2.09. The standard InChI is InChI=1S/C16H13Cl2N3O3S/c1-8-5-9(3-4-11(8)23-2)6-13(22)19-16-21-20-15(24-16)10-7-12(17)25-14(10)18/h3-5,7H,6H2,1-2H3,(H,19,21,22). The van der Waals surface area contributed by atoms with Crippen molar-refractivity contribution in [2.45, 2.75) is 13.3 Å². The van der Waals surface area contributed by atoms with Gasteiger partial charge in [-0.1, -0.05) is 40.4 Å². The quantitative estimate of drug-likeness (QED) is 0.680. The number of nitrogens with zero attached hydrogens (tertiary/aromatic N) is 2. The molecule has 0 aliphatic heterocycles. The Morgan fingerprint density at radius 3 is 2.76 bits per heavy atom. The Bertz CT molecular complexity index is 923. The van der Waals surface area contributed by atoms with Gasteiger partial charge in [0.15, 0.2) is 0 Å². The van der Waals surface area contributed by atoms with Gasteiger partial charge in [0.1, 0.15) is 10.1 Å². The maximum atomic E-state index is 12.1. The highest BCUT2D eigenvalue weighted by atomic mass is 35.5. The van der Waals surface area contributed by atoms with Crippen molar-refractivity contribution in [2.75, 3.05) is 12.4 Å². The van der Waals surface area contributed by atoms with E-state index in [0.717, 1.165) is 16.9 Å². The van der Waals surface area contributed by atoms with Crippen molar-refractivity contribution in [1.29, 1.82) is 0 Å². The number of benzene rings is 1. The summed E-state index contributed by atoms with van der Waals surface area (Å²) in [5.41, 5.74) is 2.34. The summed E-state index contributed by atoms with van der Waals surface area (Å²) in [6, 6.07) is 7.19. The van der Waals surface area contributed by atoms with Crippen molar-refractivity contribution in [2.24, 2.45) is 0 Å². The van der Waals surface area contributed by atoms with Gasteiger partial charge in [0.05, 0.1) is 23.4 Å². The highest BCUT2D eigenvalue weighted by molar-refractivity contribution is 7.20. The number of hydrogen-bond acceptors (Lipinski definition) is 6. The summed E-state index contributed by atoms with van der Waals surface area (Å²) in [6.45, 7) is 1.92. The molecule has 2 aromatic heterocycles. The fourth-order valence-electron chi connectivity index (χ4n) is 2.27. The van der Waals surface area contributed by atoms with Gasteiger partial charge in [-0.15, -0.1) is 16.4 Å². The molecule has 0 saturated heterocycles. The molecule has 0 aliphatic carbocycles. The van der Waals surface area contributed by atoms with Gasteiger partial charge in [0.2, 0.25) is 5.91 Å². The largest absolute Gasteiger partial charge is 0.496 e. The van der Waals surface area contributed by atoms with E-state index in [2.05, 4.69) is 15.5 Å². The molecule has 3 rings (SSSR count). The van der Waals surface area contributed by atoms with Crippen LogP contribution in [0.5, 0.6) is 5.75 Å². The van der Waals surface area contributed by atoms with Gasteiger partial charge >= 0.3 is 6.01 Å². The third-order valence-electron chi connectivity index (χ3n) is 3.38. The van der Waals surface area contributed by atoms with Crippen molar-refractivity contribution in [3.63, 3.8) is 0 Å². The van der Waals surface area contributed by atoms with Gasteiger partial charge in [0.25, 0.3) is 5.89 Å². The fourth-order valence-corrected chi connectivity index (χ4v) is 3.72. The van der Waals surface area contributed by atoms with Crippen LogP contribution in [0.15, 0.2) is 28.7 Å². The molecule has 9 heteroatoms. The van der Waals surface area contributed by atoms with Crippen LogP contribution in [0.4, 0.5) is 6.01 Å². The van der Waals surface area contributed by atoms with E-state index in [4.69, 9.17) is 32.4 Å². The van der Waals surface area contributed by atoms with E-state index < -0.39 is 0 Å². The Balaban J connectivity index is 1.67. The Kier molecular flexibility index (Phi) is 5.27. The summed E-state index contributed by atoms with van der Waals surface area (Å²) in [5, 5.41) is 10.2. The van der Waals surface area contributed by atoms with Crippen LogP contribution < -0.4 is 10.1 Å². The molecule has 130 valence electrons. The summed E-state index contributed by atoms with van der Waals surface area (Å²) in [4.78, 5) is 12.1. The fraction of sp³-hybridized carbons (Fsp3) is 0.188. The van der Waals surface area contributed by atoms with E-state index in [9.17, 15) is 4.79 Å². The lowest BCUT2D eigenvalue weighted by molar-refractivity contribution is -0.115. The summed E-state index contributed by atoms with van der Waals surface area (Å²) in [6.07, 6.45) is 0.174. The molecule has 1 N–H and O–H groups in total. The van der Waals surface area contributed by atoms with E-state index in [1.54, 1.807) is 13.2 Å². The lowest BCUT2D eigenvalue weighted by Crippen LogP contribution is -2.14. The molecule has 0 bridgehead atoms. The van der Waals surface area contributed by atoms with Crippen molar-refractivity contribution in [1.82, 2.24) is 10.2 Å². The van der Waals surface area contributed by atoms with Crippen LogP contribution in [0.3, 0.4) is 0 Å². The number of ether oxygens (including phenoxy) is 1. The first-order valence-corrected chi connectivity index (χ1v) is 8.75. The molecule has 1 amide bonds. The number of carbonyl (C=O) groups is 1. The Morgan fingerprint density at radius 2 is 2.12 bits per heavy atom. The summed E-state index contributed by atoms with van der Waals surface area (Å²) in [7, 11) is 1.61. The molecule has 2 heterocycles. The third kappa shape index (κ3) is 4.12. The molecule has 6 nitrogen and oxygen atoms in total. The van der Waals surface area contributed by atoms with Gasteiger partial charge in [0, 0.05) is 0 Å². The molecule has 1 aromatic carbocycles. The minimum atomic E-state index is -0.269. The topological polar surface area (TPSA) is 77.2 Å². The maximum absolute atomic E-state index is 12.1. The molecule has 0 radical (unpaired) electrons. The number of rotatable bonds is 5. The minimum Gasteiger partial charge on any atom is -0.496 e. The van der Waals surface area contributed by atoms with E-state index in [-0.39, 0.29) is 24.2 Å². The number of aryl methyl sites for hydroxylation is 1. The van der Waals surface area contributed by atoms with E-state index >= 15 is 0 Å². The van der Waals surface area contributed by atoms with Crippen molar-refractivity contribution < 1.29 is 13.9 Å². The number of halogens is 2. The number of amides is 1. The molecule has 0 aliphatic rings. The van der Waals surface area contributed by atoms with Crippen LogP contribution >= 0.6 is 34.5 Å². The molecule has 0 fully saturated rings. The molecule has 0 atom stereocenters. The van der Waals surface area contributed by atoms with E-state index in [1.807, 2.05) is 25.1 Å². The number of anilines is 1. The van der Waals surface area contributed by atoms with Gasteiger partial charge in [-0.05, 0) is 30.2 Å². The molecule has 0 spiro atoms. The lowest BCUT2D eigenvalue weighted by Gasteiger charge is -2.06. The van der Waals surface area contributed by atoms with Gasteiger partial charge in [-0.25, -0.2) is 0 Å². The number of carbonyl (C=O) groups excluding carboxylic acids is 1. The van der Waals surface area contributed by atoms with Gasteiger partial charge < -0.3 is 9.15 Å². The predicted octanol–water partition coefficient (Wildman–Crippen LogP) is 4.60. The van der Waals surface area contributed by atoms with E-state index in [0.29, 0.717) is 14.2 Å². The number of hydrogen-bond donors (Lipinski definition) is 1. The zero-order valence-electron chi connectivity index (χ0n) is 13.3. The van der Waals surface area contributed by atoms with Gasteiger partial charge in [-0.3, -0.25) is 10.1 Å².